The average molecular weight is 215 g/mol. The zero-order valence-electron chi connectivity index (χ0n) is 10.3. The van der Waals surface area contributed by atoms with Crippen molar-refractivity contribution >= 4 is 5.97 Å². The molecule has 3 nitrogen and oxygen atoms in total. The number of unbranched alkanes of at least 4 members (excludes halogenated alkanes) is 3. The summed E-state index contributed by atoms with van der Waals surface area (Å²) in [5, 5.41) is 8.76. The molecule has 0 aromatic heterocycles. The first-order chi connectivity index (χ1) is 7.06. The minimum atomic E-state index is -0.717. The summed E-state index contributed by atoms with van der Waals surface area (Å²) in [7, 11) is 0. The summed E-state index contributed by atoms with van der Waals surface area (Å²) in [4.78, 5) is 12.7. The summed E-state index contributed by atoms with van der Waals surface area (Å²) in [6.07, 6.45) is 4.81. The normalized spacial score (nSPS) is 11.3. The summed E-state index contributed by atoms with van der Waals surface area (Å²) >= 11 is 0. The lowest BCUT2D eigenvalue weighted by molar-refractivity contribution is -0.138. The van der Waals surface area contributed by atoms with E-state index >= 15 is 0 Å². The van der Waals surface area contributed by atoms with Crippen LogP contribution >= 0.6 is 0 Å². The molecule has 0 spiro atoms. The monoisotopic (exact) mass is 215 g/mol. The van der Waals surface area contributed by atoms with E-state index < -0.39 is 5.97 Å². The Kier molecular flexibility index (Phi) is 8.38. The van der Waals surface area contributed by atoms with Gasteiger partial charge in [0.1, 0.15) is 0 Å². The van der Waals surface area contributed by atoms with E-state index in [0.717, 1.165) is 19.5 Å². The first-order valence-corrected chi connectivity index (χ1v) is 6.00. The SMILES string of the molecule is CCCCCCN(CC(=O)O)CC(C)C. The van der Waals surface area contributed by atoms with Gasteiger partial charge < -0.3 is 5.11 Å². The van der Waals surface area contributed by atoms with Gasteiger partial charge in [-0.15, -0.1) is 0 Å². The van der Waals surface area contributed by atoms with Crippen LogP contribution in [0.4, 0.5) is 0 Å². The van der Waals surface area contributed by atoms with E-state index in [0.29, 0.717) is 5.92 Å². The molecule has 0 aromatic carbocycles. The van der Waals surface area contributed by atoms with Crippen molar-refractivity contribution in [2.75, 3.05) is 19.6 Å². The minimum Gasteiger partial charge on any atom is -0.480 e. The van der Waals surface area contributed by atoms with Crippen molar-refractivity contribution in [2.45, 2.75) is 46.5 Å². The van der Waals surface area contributed by atoms with Crippen LogP contribution in [0.1, 0.15) is 46.5 Å². The van der Waals surface area contributed by atoms with Gasteiger partial charge in [-0.3, -0.25) is 9.69 Å². The number of rotatable bonds is 9. The molecule has 0 aliphatic carbocycles. The second-order valence-corrected chi connectivity index (χ2v) is 4.58. The number of nitrogens with zero attached hydrogens (tertiary/aromatic N) is 1. The highest BCUT2D eigenvalue weighted by atomic mass is 16.4. The predicted octanol–water partition coefficient (Wildman–Crippen LogP) is 2.61. The molecule has 0 bridgehead atoms. The Balaban J connectivity index is 3.74. The summed E-state index contributed by atoms with van der Waals surface area (Å²) in [5.74, 6) is -0.179. The van der Waals surface area contributed by atoms with Gasteiger partial charge in [0.25, 0.3) is 0 Å². The molecule has 0 saturated carbocycles. The van der Waals surface area contributed by atoms with E-state index in [-0.39, 0.29) is 6.54 Å². The Hall–Kier alpha value is -0.570. The maximum absolute atomic E-state index is 10.6. The number of carboxylic acids is 1. The standard InChI is InChI=1S/C12H25NO2/c1-4-5-6-7-8-13(9-11(2)3)10-12(14)15/h11H,4-10H2,1-3H3,(H,14,15). The molecule has 0 amide bonds. The Morgan fingerprint density at radius 3 is 2.40 bits per heavy atom. The summed E-state index contributed by atoms with van der Waals surface area (Å²) in [6, 6.07) is 0. The van der Waals surface area contributed by atoms with Crippen molar-refractivity contribution < 1.29 is 9.90 Å². The van der Waals surface area contributed by atoms with E-state index in [9.17, 15) is 4.79 Å². The van der Waals surface area contributed by atoms with E-state index in [1.807, 2.05) is 4.90 Å². The lowest BCUT2D eigenvalue weighted by Crippen LogP contribution is -2.33. The van der Waals surface area contributed by atoms with E-state index in [2.05, 4.69) is 20.8 Å². The Labute approximate surface area is 93.5 Å². The molecule has 1 N–H and O–H groups in total. The molecule has 0 rings (SSSR count). The second-order valence-electron chi connectivity index (χ2n) is 4.58. The number of aliphatic carboxylic acids is 1. The zero-order valence-corrected chi connectivity index (χ0v) is 10.3. The predicted molar refractivity (Wildman–Crippen MR) is 63.1 cm³/mol. The number of hydrogen-bond acceptors (Lipinski definition) is 2. The van der Waals surface area contributed by atoms with Crippen molar-refractivity contribution in [2.24, 2.45) is 5.92 Å². The topological polar surface area (TPSA) is 40.5 Å². The van der Waals surface area contributed by atoms with Crippen molar-refractivity contribution in [1.82, 2.24) is 4.90 Å². The van der Waals surface area contributed by atoms with Crippen LogP contribution in [-0.2, 0) is 4.79 Å². The Morgan fingerprint density at radius 2 is 1.93 bits per heavy atom. The highest BCUT2D eigenvalue weighted by Gasteiger charge is 2.10. The lowest BCUT2D eigenvalue weighted by Gasteiger charge is -2.22. The van der Waals surface area contributed by atoms with Gasteiger partial charge in [0.15, 0.2) is 0 Å². The highest BCUT2D eigenvalue weighted by Crippen LogP contribution is 2.04. The summed E-state index contributed by atoms with van der Waals surface area (Å²) in [6.45, 7) is 8.43. The van der Waals surface area contributed by atoms with Gasteiger partial charge in [0.2, 0.25) is 0 Å². The third-order valence-electron chi connectivity index (χ3n) is 2.31. The number of hydrogen-bond donors (Lipinski definition) is 1. The van der Waals surface area contributed by atoms with Gasteiger partial charge >= 0.3 is 5.97 Å². The fraction of sp³-hybridized carbons (Fsp3) is 0.917. The molecule has 3 heteroatoms. The molecule has 0 atom stereocenters. The molecule has 0 aromatic rings. The second kappa shape index (κ2) is 8.72. The van der Waals surface area contributed by atoms with Gasteiger partial charge in [-0.1, -0.05) is 40.0 Å². The first-order valence-electron chi connectivity index (χ1n) is 6.00. The maximum atomic E-state index is 10.6. The van der Waals surface area contributed by atoms with Gasteiger partial charge in [0, 0.05) is 6.54 Å². The third-order valence-corrected chi connectivity index (χ3v) is 2.31. The van der Waals surface area contributed by atoms with E-state index in [1.54, 1.807) is 0 Å². The minimum absolute atomic E-state index is 0.185. The Bertz CT molecular complexity index is 169. The molecule has 0 aliphatic heterocycles. The molecular weight excluding hydrogens is 190 g/mol. The van der Waals surface area contributed by atoms with Crippen LogP contribution in [0.2, 0.25) is 0 Å². The molecule has 15 heavy (non-hydrogen) atoms. The van der Waals surface area contributed by atoms with Crippen LogP contribution in [0.25, 0.3) is 0 Å². The molecule has 0 saturated heterocycles. The van der Waals surface area contributed by atoms with Crippen molar-refractivity contribution in [3.63, 3.8) is 0 Å². The maximum Gasteiger partial charge on any atom is 0.317 e. The van der Waals surface area contributed by atoms with Gasteiger partial charge in [-0.25, -0.2) is 0 Å². The van der Waals surface area contributed by atoms with Crippen LogP contribution < -0.4 is 0 Å². The van der Waals surface area contributed by atoms with Crippen LogP contribution in [0.3, 0.4) is 0 Å². The van der Waals surface area contributed by atoms with Crippen LogP contribution in [0.15, 0.2) is 0 Å². The largest absolute Gasteiger partial charge is 0.480 e. The number of carbonyl (C=O) groups is 1. The first kappa shape index (κ1) is 14.4. The molecule has 90 valence electrons. The quantitative estimate of drug-likeness (QED) is 0.601. The van der Waals surface area contributed by atoms with Crippen molar-refractivity contribution in [1.29, 1.82) is 0 Å². The van der Waals surface area contributed by atoms with Gasteiger partial charge in [-0.2, -0.15) is 0 Å². The van der Waals surface area contributed by atoms with Crippen molar-refractivity contribution in [3.05, 3.63) is 0 Å². The molecular formula is C12H25NO2. The van der Waals surface area contributed by atoms with E-state index in [1.165, 1.54) is 19.3 Å². The zero-order chi connectivity index (χ0) is 11.7. The molecule has 0 aliphatic rings. The Morgan fingerprint density at radius 1 is 1.27 bits per heavy atom. The summed E-state index contributed by atoms with van der Waals surface area (Å²) < 4.78 is 0. The highest BCUT2D eigenvalue weighted by molar-refractivity contribution is 5.69. The molecule has 0 heterocycles. The third kappa shape index (κ3) is 9.73. The van der Waals surface area contributed by atoms with Gasteiger partial charge in [0.05, 0.1) is 6.54 Å². The van der Waals surface area contributed by atoms with Gasteiger partial charge in [-0.05, 0) is 18.9 Å². The molecule has 0 fully saturated rings. The van der Waals surface area contributed by atoms with Crippen LogP contribution in [0, 0.1) is 5.92 Å². The lowest BCUT2D eigenvalue weighted by atomic mass is 10.1. The van der Waals surface area contributed by atoms with E-state index in [4.69, 9.17) is 5.11 Å². The fourth-order valence-corrected chi connectivity index (χ4v) is 1.70. The average Bonchev–Trinajstić information content (AvgIpc) is 2.10. The van der Waals surface area contributed by atoms with Crippen LogP contribution in [-0.4, -0.2) is 35.6 Å². The number of carboxylic acid groups (broad SMARTS) is 1. The summed E-state index contributed by atoms with van der Waals surface area (Å²) in [5.41, 5.74) is 0. The fourth-order valence-electron chi connectivity index (χ4n) is 1.70. The molecule has 0 unspecified atom stereocenters. The van der Waals surface area contributed by atoms with Crippen LogP contribution in [0.5, 0.6) is 0 Å². The molecule has 0 radical (unpaired) electrons. The smallest absolute Gasteiger partial charge is 0.317 e. The van der Waals surface area contributed by atoms with Crippen molar-refractivity contribution in [3.8, 4) is 0 Å².